The Morgan fingerprint density at radius 2 is 1.54 bits per heavy atom. The van der Waals surface area contributed by atoms with Crippen molar-refractivity contribution < 1.29 is 27.4 Å². The highest BCUT2D eigenvalue weighted by Crippen LogP contribution is 2.27. The lowest BCUT2D eigenvalue weighted by Gasteiger charge is -2.19. The number of aliphatic imine (C=N–C) groups is 1. The minimum absolute atomic E-state index is 0.0668. The Morgan fingerprint density at radius 3 is 2.20 bits per heavy atom. The first-order valence-electron chi connectivity index (χ1n) is 13.5. The highest BCUT2D eigenvalue weighted by atomic mass is 32.2. The summed E-state index contributed by atoms with van der Waals surface area (Å²) in [4.78, 5) is 16.6. The van der Waals surface area contributed by atoms with Crippen molar-refractivity contribution in [3.05, 3.63) is 84.4 Å². The number of sulfonamides is 1. The van der Waals surface area contributed by atoms with Crippen molar-refractivity contribution >= 4 is 27.6 Å². The van der Waals surface area contributed by atoms with E-state index in [1.165, 1.54) is 6.07 Å². The van der Waals surface area contributed by atoms with Crippen LogP contribution in [0.4, 0.5) is 5.69 Å². The van der Waals surface area contributed by atoms with Gasteiger partial charge in [0.2, 0.25) is 10.0 Å². The number of ether oxygens (including phenoxy) is 3. The van der Waals surface area contributed by atoms with Crippen molar-refractivity contribution in [2.45, 2.75) is 44.4 Å². The van der Waals surface area contributed by atoms with Gasteiger partial charge in [-0.1, -0.05) is 54.6 Å². The minimum Gasteiger partial charge on any atom is -0.466 e. The third kappa shape index (κ3) is 9.98. The molecule has 0 saturated carbocycles. The van der Waals surface area contributed by atoms with Gasteiger partial charge in [-0.3, -0.25) is 4.79 Å². The van der Waals surface area contributed by atoms with Crippen LogP contribution in [0.1, 0.15) is 38.8 Å². The zero-order valence-electron chi connectivity index (χ0n) is 23.6. The topological polar surface area (TPSA) is 141 Å². The second-order valence-corrected chi connectivity index (χ2v) is 10.6. The van der Waals surface area contributed by atoms with E-state index >= 15 is 0 Å². The van der Waals surface area contributed by atoms with E-state index in [2.05, 4.69) is 15.0 Å². The lowest BCUT2D eigenvalue weighted by Crippen LogP contribution is -2.30. The number of esters is 1. The molecule has 3 aromatic carbocycles. The molecule has 4 N–H and O–H groups in total. The van der Waals surface area contributed by atoms with Crippen LogP contribution in [-0.4, -0.2) is 53.0 Å². The Kier molecular flexibility index (Phi) is 12.3. The highest BCUT2D eigenvalue weighted by molar-refractivity contribution is 7.89. The van der Waals surface area contributed by atoms with Gasteiger partial charge in [0.25, 0.3) is 0 Å². The van der Waals surface area contributed by atoms with Gasteiger partial charge in [-0.2, -0.15) is 0 Å². The maximum atomic E-state index is 13.4. The number of guanidine groups is 1. The molecule has 0 aromatic heterocycles. The van der Waals surface area contributed by atoms with E-state index in [0.29, 0.717) is 30.0 Å². The number of nitrogens with one attached hydrogen (secondary N) is 2. The quantitative estimate of drug-likeness (QED) is 0.103. The van der Waals surface area contributed by atoms with Crippen LogP contribution in [0.2, 0.25) is 0 Å². The predicted molar refractivity (Wildman–Crippen MR) is 160 cm³/mol. The van der Waals surface area contributed by atoms with Crippen molar-refractivity contribution in [2.75, 3.05) is 31.7 Å². The number of hydrogen-bond donors (Lipinski definition) is 3. The van der Waals surface area contributed by atoms with Gasteiger partial charge in [-0.15, -0.1) is 0 Å². The molecule has 1 atom stereocenters. The van der Waals surface area contributed by atoms with Crippen molar-refractivity contribution in [2.24, 2.45) is 10.7 Å². The third-order valence-electron chi connectivity index (χ3n) is 5.90. The van der Waals surface area contributed by atoms with Crippen LogP contribution >= 0.6 is 0 Å². The smallest absolute Gasteiger partial charge is 0.307 e. The Morgan fingerprint density at radius 1 is 0.878 bits per heavy atom. The van der Waals surface area contributed by atoms with Crippen LogP contribution in [0.15, 0.2) is 88.8 Å². The summed E-state index contributed by atoms with van der Waals surface area (Å²) >= 11 is 0. The van der Waals surface area contributed by atoms with Gasteiger partial charge >= 0.3 is 5.97 Å². The first-order valence-corrected chi connectivity index (χ1v) is 15.0. The summed E-state index contributed by atoms with van der Waals surface area (Å²) in [5, 5.41) is 3.05. The SMILES string of the molecule is CCOC(=O)CC(NS(=O)(=O)c1cccc(-c2cccc(NC(N)=NCC(OCC)OCC)c2)c1)c1ccccc1. The Balaban J connectivity index is 1.79. The third-order valence-corrected chi connectivity index (χ3v) is 7.37. The summed E-state index contributed by atoms with van der Waals surface area (Å²) in [6, 6.07) is 22.1. The molecule has 0 heterocycles. The maximum Gasteiger partial charge on any atom is 0.307 e. The highest BCUT2D eigenvalue weighted by Gasteiger charge is 2.24. The summed E-state index contributed by atoms with van der Waals surface area (Å²) in [6.07, 6.45) is -0.614. The Bertz CT molecular complexity index is 1390. The molecule has 0 radical (unpaired) electrons. The summed E-state index contributed by atoms with van der Waals surface area (Å²) < 4.78 is 45.6. The van der Waals surface area contributed by atoms with E-state index in [-0.39, 0.29) is 30.4 Å². The molecule has 0 amide bonds. The van der Waals surface area contributed by atoms with Crippen molar-refractivity contribution in [3.8, 4) is 11.1 Å². The summed E-state index contributed by atoms with van der Waals surface area (Å²) in [5.41, 5.74) is 8.86. The number of carbonyl (C=O) groups is 1. The van der Waals surface area contributed by atoms with Crippen molar-refractivity contribution in [1.29, 1.82) is 0 Å². The van der Waals surface area contributed by atoms with Crippen LogP contribution in [0.5, 0.6) is 0 Å². The molecule has 3 aromatic rings. The monoisotopic (exact) mass is 582 g/mol. The summed E-state index contributed by atoms with van der Waals surface area (Å²) in [7, 11) is -3.99. The van der Waals surface area contributed by atoms with Crippen LogP contribution in [0.3, 0.4) is 0 Å². The van der Waals surface area contributed by atoms with E-state index in [0.717, 1.165) is 5.56 Å². The van der Waals surface area contributed by atoms with Crippen molar-refractivity contribution in [3.63, 3.8) is 0 Å². The molecule has 11 heteroatoms. The number of benzene rings is 3. The molecule has 3 rings (SSSR count). The normalized spacial score (nSPS) is 12.7. The molecule has 41 heavy (non-hydrogen) atoms. The van der Waals surface area contributed by atoms with Crippen LogP contribution in [0, 0.1) is 0 Å². The van der Waals surface area contributed by atoms with E-state index in [9.17, 15) is 13.2 Å². The van der Waals surface area contributed by atoms with Gasteiger partial charge in [0.1, 0.15) is 0 Å². The lowest BCUT2D eigenvalue weighted by molar-refractivity contribution is -0.143. The average molecular weight is 583 g/mol. The molecular formula is C30H38N4O6S. The number of nitrogens with two attached hydrogens (primary N) is 1. The average Bonchev–Trinajstić information content (AvgIpc) is 2.96. The molecule has 0 saturated heterocycles. The van der Waals surface area contributed by atoms with Crippen LogP contribution in [0.25, 0.3) is 11.1 Å². The van der Waals surface area contributed by atoms with Gasteiger partial charge in [-0.05, 0) is 61.7 Å². The fourth-order valence-electron chi connectivity index (χ4n) is 4.06. The molecule has 0 spiro atoms. The van der Waals surface area contributed by atoms with Gasteiger partial charge in [0.15, 0.2) is 12.2 Å². The number of anilines is 1. The van der Waals surface area contributed by atoms with Gasteiger partial charge in [0.05, 0.1) is 30.5 Å². The van der Waals surface area contributed by atoms with E-state index in [1.807, 2.05) is 50.2 Å². The molecule has 10 nitrogen and oxygen atoms in total. The molecule has 220 valence electrons. The molecule has 0 fully saturated rings. The van der Waals surface area contributed by atoms with Gasteiger partial charge < -0.3 is 25.3 Å². The molecule has 0 aliphatic rings. The van der Waals surface area contributed by atoms with E-state index in [1.54, 1.807) is 43.3 Å². The fourth-order valence-corrected chi connectivity index (χ4v) is 5.33. The number of hydrogen-bond acceptors (Lipinski definition) is 7. The Hall–Kier alpha value is -3.77. The van der Waals surface area contributed by atoms with Crippen molar-refractivity contribution in [1.82, 2.24) is 4.72 Å². The fraction of sp³-hybridized carbons (Fsp3) is 0.333. The van der Waals surface area contributed by atoms with Gasteiger partial charge in [-0.25, -0.2) is 18.1 Å². The first kappa shape index (κ1) is 31.8. The predicted octanol–water partition coefficient (Wildman–Crippen LogP) is 4.45. The second kappa shape index (κ2) is 15.9. The maximum absolute atomic E-state index is 13.4. The molecular weight excluding hydrogens is 544 g/mol. The van der Waals surface area contributed by atoms with Crippen LogP contribution < -0.4 is 15.8 Å². The molecule has 0 bridgehead atoms. The summed E-state index contributed by atoms with van der Waals surface area (Å²) in [6.45, 7) is 6.91. The second-order valence-electron chi connectivity index (χ2n) is 8.89. The van der Waals surface area contributed by atoms with E-state index < -0.39 is 28.3 Å². The standard InChI is InChI=1S/C30H38N4O6S/c1-4-38-28(35)20-27(22-12-8-7-9-13-22)34-41(36,37)26-17-11-15-24(19-26)23-14-10-16-25(18-23)33-30(31)32-21-29(39-5-2)40-6-3/h7-19,27,29,34H,4-6,20-21H2,1-3H3,(H3,31,32,33). The molecule has 0 aliphatic carbocycles. The number of nitrogens with zero attached hydrogens (tertiary/aromatic N) is 1. The number of rotatable bonds is 15. The zero-order valence-corrected chi connectivity index (χ0v) is 24.4. The minimum atomic E-state index is -3.99. The van der Waals surface area contributed by atoms with Crippen LogP contribution in [-0.2, 0) is 29.0 Å². The Labute approximate surface area is 242 Å². The van der Waals surface area contributed by atoms with E-state index in [4.69, 9.17) is 19.9 Å². The largest absolute Gasteiger partial charge is 0.466 e. The zero-order chi connectivity index (χ0) is 29.7. The van der Waals surface area contributed by atoms with Gasteiger partial charge in [0, 0.05) is 18.9 Å². The molecule has 1 unspecified atom stereocenters. The summed E-state index contributed by atoms with van der Waals surface area (Å²) in [5.74, 6) is -0.295. The first-order chi connectivity index (χ1) is 19.7. The number of carbonyl (C=O) groups excluding carboxylic acids is 1. The molecule has 0 aliphatic heterocycles. The lowest BCUT2D eigenvalue weighted by atomic mass is 10.1.